The van der Waals surface area contributed by atoms with Gasteiger partial charge in [0.25, 0.3) is 5.91 Å². The molecule has 0 bridgehead atoms. The summed E-state index contributed by atoms with van der Waals surface area (Å²) in [7, 11) is 3.19. The van der Waals surface area contributed by atoms with E-state index in [1.54, 1.807) is 25.2 Å². The van der Waals surface area contributed by atoms with Crippen LogP contribution < -0.4 is 9.47 Å². The van der Waals surface area contributed by atoms with Gasteiger partial charge in [0.05, 0.1) is 23.6 Å². The summed E-state index contributed by atoms with van der Waals surface area (Å²) in [6, 6.07) is 13.9. The minimum atomic E-state index is -0.0583. The largest absolute Gasteiger partial charge is 0.496 e. The Morgan fingerprint density at radius 2 is 1.86 bits per heavy atom. The van der Waals surface area contributed by atoms with Gasteiger partial charge in [-0.05, 0) is 46.5 Å². The van der Waals surface area contributed by atoms with Gasteiger partial charge >= 0.3 is 0 Å². The predicted octanol–water partition coefficient (Wildman–Crippen LogP) is 5.30. The summed E-state index contributed by atoms with van der Waals surface area (Å²) in [6.07, 6.45) is 3.59. The number of nitrogens with zero attached hydrogens (tertiary/aromatic N) is 1. The molecule has 28 heavy (non-hydrogen) atoms. The van der Waals surface area contributed by atoms with Gasteiger partial charge < -0.3 is 9.47 Å². The second-order valence-corrected chi connectivity index (χ2v) is 8.68. The number of thiocarbonyl (C=S) groups is 1. The molecule has 1 aliphatic rings. The standard InChI is InChI=1S/C21H20BrNO3S2/c1-25-17-13-18(26-2)16(22)11-15(17)12-19-20(24)23(21(27)28-19)10-6-9-14-7-4-3-5-8-14/h3-5,7-8,11-13H,6,9-10H2,1-2H3. The summed E-state index contributed by atoms with van der Waals surface area (Å²) >= 11 is 10.2. The summed E-state index contributed by atoms with van der Waals surface area (Å²) in [5, 5.41) is 0. The number of benzene rings is 2. The molecule has 3 rings (SSSR count). The zero-order chi connectivity index (χ0) is 20.1. The monoisotopic (exact) mass is 477 g/mol. The van der Waals surface area contributed by atoms with Crippen LogP contribution in [0.2, 0.25) is 0 Å². The van der Waals surface area contributed by atoms with Gasteiger partial charge in [0.1, 0.15) is 15.8 Å². The zero-order valence-electron chi connectivity index (χ0n) is 15.6. The quantitative estimate of drug-likeness (QED) is 0.399. The molecule has 0 N–H and O–H groups in total. The van der Waals surface area contributed by atoms with Crippen LogP contribution in [0, 0.1) is 0 Å². The molecule has 0 atom stereocenters. The number of hydrogen-bond acceptors (Lipinski definition) is 5. The molecule has 1 heterocycles. The normalized spacial score (nSPS) is 15.4. The van der Waals surface area contributed by atoms with Crippen LogP contribution in [0.4, 0.5) is 0 Å². The van der Waals surface area contributed by atoms with E-state index >= 15 is 0 Å². The maximum atomic E-state index is 12.8. The number of ether oxygens (including phenoxy) is 2. The molecular weight excluding hydrogens is 458 g/mol. The molecule has 4 nitrogen and oxygen atoms in total. The highest BCUT2D eigenvalue weighted by molar-refractivity contribution is 9.10. The van der Waals surface area contributed by atoms with Crippen molar-refractivity contribution in [1.82, 2.24) is 4.90 Å². The summed E-state index contributed by atoms with van der Waals surface area (Å²) < 4.78 is 12.1. The maximum absolute atomic E-state index is 12.8. The van der Waals surface area contributed by atoms with Crippen molar-refractivity contribution in [3.8, 4) is 11.5 Å². The lowest BCUT2D eigenvalue weighted by Gasteiger charge is -2.14. The van der Waals surface area contributed by atoms with Crippen LogP contribution in [0.1, 0.15) is 17.5 Å². The SMILES string of the molecule is COc1cc(OC)c(C=C2SC(=S)N(CCCc3ccccc3)C2=O)cc1Br. The summed E-state index contributed by atoms with van der Waals surface area (Å²) in [5.74, 6) is 1.24. The van der Waals surface area contributed by atoms with E-state index in [-0.39, 0.29) is 5.91 Å². The Morgan fingerprint density at radius 1 is 1.14 bits per heavy atom. The number of halogens is 1. The first kappa shape index (κ1) is 20.9. The van der Waals surface area contributed by atoms with Crippen molar-refractivity contribution in [3.05, 3.63) is 63.0 Å². The first-order valence-electron chi connectivity index (χ1n) is 8.74. The molecule has 0 aliphatic carbocycles. The molecule has 0 unspecified atom stereocenters. The van der Waals surface area contributed by atoms with Crippen molar-refractivity contribution < 1.29 is 14.3 Å². The number of carbonyl (C=O) groups is 1. The van der Waals surface area contributed by atoms with Gasteiger partial charge in [-0.1, -0.05) is 54.3 Å². The van der Waals surface area contributed by atoms with Gasteiger partial charge in [-0.15, -0.1) is 0 Å². The van der Waals surface area contributed by atoms with E-state index in [1.807, 2.05) is 30.3 Å². The van der Waals surface area contributed by atoms with Crippen molar-refractivity contribution in [3.63, 3.8) is 0 Å². The number of methoxy groups -OCH3 is 2. The second-order valence-electron chi connectivity index (χ2n) is 6.15. The lowest BCUT2D eigenvalue weighted by atomic mass is 10.1. The lowest BCUT2D eigenvalue weighted by Crippen LogP contribution is -2.29. The fraction of sp³-hybridized carbons (Fsp3) is 0.238. The number of amides is 1. The zero-order valence-corrected chi connectivity index (χ0v) is 18.8. The lowest BCUT2D eigenvalue weighted by molar-refractivity contribution is -0.122. The van der Waals surface area contributed by atoms with Crippen molar-refractivity contribution in [2.75, 3.05) is 20.8 Å². The fourth-order valence-corrected chi connectivity index (χ4v) is 4.74. The average Bonchev–Trinajstić information content (AvgIpc) is 2.96. The second kappa shape index (κ2) is 9.58. The van der Waals surface area contributed by atoms with Gasteiger partial charge in [0, 0.05) is 18.2 Å². The highest BCUT2D eigenvalue weighted by atomic mass is 79.9. The molecule has 146 valence electrons. The maximum Gasteiger partial charge on any atom is 0.266 e. The molecule has 1 saturated heterocycles. The van der Waals surface area contributed by atoms with Crippen LogP contribution >= 0.6 is 39.9 Å². The Hall–Kier alpha value is -1.83. The predicted molar refractivity (Wildman–Crippen MR) is 122 cm³/mol. The first-order chi connectivity index (χ1) is 13.5. The van der Waals surface area contributed by atoms with E-state index < -0.39 is 0 Å². The highest BCUT2D eigenvalue weighted by Gasteiger charge is 2.31. The number of thioether (sulfide) groups is 1. The number of carbonyl (C=O) groups excluding carboxylic acids is 1. The van der Waals surface area contributed by atoms with Crippen molar-refractivity contribution in [2.45, 2.75) is 12.8 Å². The molecule has 2 aromatic rings. The van der Waals surface area contributed by atoms with E-state index in [0.29, 0.717) is 27.3 Å². The van der Waals surface area contributed by atoms with Crippen LogP contribution in [0.15, 0.2) is 51.8 Å². The van der Waals surface area contributed by atoms with Gasteiger partial charge in [0.2, 0.25) is 0 Å². The average molecular weight is 478 g/mol. The first-order valence-corrected chi connectivity index (χ1v) is 10.8. The van der Waals surface area contributed by atoms with Crippen molar-refractivity contribution in [2.24, 2.45) is 0 Å². The Balaban J connectivity index is 1.73. The topological polar surface area (TPSA) is 38.8 Å². The van der Waals surface area contributed by atoms with Crippen LogP contribution in [0.25, 0.3) is 6.08 Å². The van der Waals surface area contributed by atoms with E-state index in [0.717, 1.165) is 22.9 Å². The van der Waals surface area contributed by atoms with Crippen LogP contribution in [0.3, 0.4) is 0 Å². The van der Waals surface area contributed by atoms with E-state index in [4.69, 9.17) is 21.7 Å². The third-order valence-electron chi connectivity index (χ3n) is 4.35. The molecule has 0 spiro atoms. The Bertz CT molecular complexity index is 915. The molecule has 0 aromatic heterocycles. The molecule has 0 radical (unpaired) electrons. The molecule has 1 fully saturated rings. The molecule has 1 amide bonds. The molecule has 2 aromatic carbocycles. The van der Waals surface area contributed by atoms with E-state index in [9.17, 15) is 4.79 Å². The van der Waals surface area contributed by atoms with Crippen molar-refractivity contribution in [1.29, 1.82) is 0 Å². The smallest absolute Gasteiger partial charge is 0.266 e. The Labute approximate surface area is 183 Å². The number of aryl methyl sites for hydroxylation is 1. The molecule has 1 aliphatic heterocycles. The van der Waals surface area contributed by atoms with E-state index in [2.05, 4.69) is 28.1 Å². The van der Waals surface area contributed by atoms with Gasteiger partial charge in [-0.3, -0.25) is 9.69 Å². The number of rotatable bonds is 7. The van der Waals surface area contributed by atoms with Crippen LogP contribution in [0.5, 0.6) is 11.5 Å². The van der Waals surface area contributed by atoms with Gasteiger partial charge in [-0.2, -0.15) is 0 Å². The van der Waals surface area contributed by atoms with Crippen LogP contribution in [-0.4, -0.2) is 35.9 Å². The third kappa shape index (κ3) is 4.77. The molecule has 0 saturated carbocycles. The fourth-order valence-electron chi connectivity index (χ4n) is 2.92. The minimum absolute atomic E-state index is 0.0583. The third-order valence-corrected chi connectivity index (χ3v) is 6.35. The van der Waals surface area contributed by atoms with Crippen LogP contribution in [-0.2, 0) is 11.2 Å². The summed E-state index contributed by atoms with van der Waals surface area (Å²) in [6.45, 7) is 0.611. The Kier molecular flexibility index (Phi) is 7.15. The van der Waals surface area contributed by atoms with Crippen molar-refractivity contribution >= 4 is 56.2 Å². The number of hydrogen-bond donors (Lipinski definition) is 0. The van der Waals surface area contributed by atoms with Gasteiger partial charge in [-0.25, -0.2) is 0 Å². The minimum Gasteiger partial charge on any atom is -0.496 e. The highest BCUT2D eigenvalue weighted by Crippen LogP contribution is 2.38. The Morgan fingerprint density at radius 3 is 2.54 bits per heavy atom. The van der Waals surface area contributed by atoms with Gasteiger partial charge in [0.15, 0.2) is 0 Å². The summed E-state index contributed by atoms with van der Waals surface area (Å²) in [5.41, 5.74) is 2.05. The molecule has 7 heteroatoms. The van der Waals surface area contributed by atoms with E-state index in [1.165, 1.54) is 17.3 Å². The molecular formula is C21H20BrNO3S2. The summed E-state index contributed by atoms with van der Waals surface area (Å²) in [4.78, 5) is 15.1.